The van der Waals surface area contributed by atoms with Crippen molar-refractivity contribution >= 4 is 23.0 Å². The highest BCUT2D eigenvalue weighted by Gasteiger charge is 2.01. The Hall–Kier alpha value is -1.93. The zero-order chi connectivity index (χ0) is 12.0. The van der Waals surface area contributed by atoms with E-state index in [1.54, 1.807) is 19.1 Å². The van der Waals surface area contributed by atoms with Crippen LogP contribution in [0.4, 0.5) is 5.69 Å². The largest absolute Gasteiger partial charge is 0.475 e. The van der Waals surface area contributed by atoms with Gasteiger partial charge in [-0.3, -0.25) is 10.1 Å². The average Bonchev–Trinajstić information content (AvgIpc) is 2.25. The molecule has 0 aromatic heterocycles. The Morgan fingerprint density at radius 3 is 2.62 bits per heavy atom. The van der Waals surface area contributed by atoms with Crippen molar-refractivity contribution in [1.29, 1.82) is 0 Å². The second-order valence-corrected chi connectivity index (χ2v) is 3.46. The summed E-state index contributed by atoms with van der Waals surface area (Å²) in [6, 6.07) is 6.01. The van der Waals surface area contributed by atoms with E-state index in [1.807, 2.05) is 0 Å². The van der Waals surface area contributed by atoms with Crippen molar-refractivity contribution in [2.24, 2.45) is 0 Å². The molecule has 0 bridgehead atoms. The number of benzene rings is 1. The molecule has 0 saturated carbocycles. The minimum absolute atomic E-state index is 0.0523. The monoisotopic (exact) mass is 235 g/mol. The van der Waals surface area contributed by atoms with Crippen LogP contribution in [-0.2, 0) is 4.74 Å². The van der Waals surface area contributed by atoms with E-state index in [0.29, 0.717) is 10.6 Å². The van der Waals surface area contributed by atoms with Gasteiger partial charge >= 0.3 is 0 Å². The number of thiocarbonyl (C=S) groups is 1. The number of rotatable bonds is 2. The molecule has 16 heavy (non-hydrogen) atoms. The zero-order valence-electron chi connectivity index (χ0n) is 8.60. The molecule has 0 heterocycles. The van der Waals surface area contributed by atoms with Crippen LogP contribution in [0.1, 0.15) is 12.5 Å². The van der Waals surface area contributed by atoms with Crippen molar-refractivity contribution in [3.8, 4) is 11.8 Å². The molecule has 0 atom stereocenters. The lowest BCUT2D eigenvalue weighted by molar-refractivity contribution is -0.384. The van der Waals surface area contributed by atoms with Gasteiger partial charge in [-0.1, -0.05) is 11.8 Å². The molecule has 1 rings (SSSR count). The van der Waals surface area contributed by atoms with Crippen LogP contribution in [0.3, 0.4) is 0 Å². The normalized spacial score (nSPS) is 8.81. The van der Waals surface area contributed by atoms with E-state index in [-0.39, 0.29) is 12.3 Å². The molecule has 0 aliphatic carbocycles. The number of nitro groups is 1. The minimum Gasteiger partial charge on any atom is -0.475 e. The van der Waals surface area contributed by atoms with Gasteiger partial charge in [0.2, 0.25) is 0 Å². The summed E-state index contributed by atoms with van der Waals surface area (Å²) in [7, 11) is 0. The fraction of sp³-hybridized carbons (Fsp3) is 0.182. The molecule has 5 heteroatoms. The molecule has 0 unspecified atom stereocenters. The first kappa shape index (κ1) is 12.1. The predicted octanol–water partition coefficient (Wildman–Crippen LogP) is 2.31. The van der Waals surface area contributed by atoms with Crippen molar-refractivity contribution in [3.63, 3.8) is 0 Å². The van der Waals surface area contributed by atoms with Crippen LogP contribution in [0.2, 0.25) is 0 Å². The Balaban J connectivity index is 2.61. The van der Waals surface area contributed by atoms with E-state index >= 15 is 0 Å². The second kappa shape index (κ2) is 5.83. The highest BCUT2D eigenvalue weighted by molar-refractivity contribution is 7.80. The van der Waals surface area contributed by atoms with Crippen molar-refractivity contribution < 1.29 is 9.66 Å². The van der Waals surface area contributed by atoms with E-state index < -0.39 is 4.92 Å². The number of hydrogen-bond donors (Lipinski definition) is 0. The summed E-state index contributed by atoms with van der Waals surface area (Å²) in [5, 5.41) is 10.8. The van der Waals surface area contributed by atoms with Crippen molar-refractivity contribution in [3.05, 3.63) is 39.9 Å². The van der Waals surface area contributed by atoms with Gasteiger partial charge in [-0.05, 0) is 24.4 Å². The van der Waals surface area contributed by atoms with E-state index in [0.717, 1.165) is 0 Å². The summed E-state index contributed by atoms with van der Waals surface area (Å²) in [5.41, 5.74) is 0.757. The molecule has 0 spiro atoms. The first-order valence-electron chi connectivity index (χ1n) is 4.46. The molecule has 0 saturated heterocycles. The Bertz CT molecular complexity index is 456. The maximum atomic E-state index is 10.4. The molecule has 0 amide bonds. The van der Waals surface area contributed by atoms with Gasteiger partial charge in [0.25, 0.3) is 5.69 Å². The molecular weight excluding hydrogens is 226 g/mol. The smallest absolute Gasteiger partial charge is 0.269 e. The summed E-state index contributed by atoms with van der Waals surface area (Å²) < 4.78 is 4.98. The molecule has 0 fully saturated rings. The number of nitro benzene ring substituents is 1. The summed E-state index contributed by atoms with van der Waals surface area (Å²) in [6.45, 7) is 1.90. The van der Waals surface area contributed by atoms with Crippen LogP contribution < -0.4 is 0 Å². The first-order chi connectivity index (χ1) is 7.59. The number of nitrogens with zero attached hydrogens (tertiary/aromatic N) is 1. The molecule has 82 valence electrons. The first-order valence-corrected chi connectivity index (χ1v) is 4.87. The van der Waals surface area contributed by atoms with Crippen molar-refractivity contribution in [1.82, 2.24) is 0 Å². The third-order valence-corrected chi connectivity index (χ3v) is 1.78. The molecule has 0 radical (unpaired) electrons. The van der Waals surface area contributed by atoms with Gasteiger partial charge < -0.3 is 4.74 Å². The van der Waals surface area contributed by atoms with E-state index in [2.05, 4.69) is 11.8 Å². The van der Waals surface area contributed by atoms with Crippen LogP contribution in [0, 0.1) is 22.0 Å². The molecule has 0 N–H and O–H groups in total. The highest BCUT2D eigenvalue weighted by atomic mass is 32.1. The number of hydrogen-bond acceptors (Lipinski definition) is 4. The lowest BCUT2D eigenvalue weighted by Crippen LogP contribution is -1.95. The third-order valence-electron chi connectivity index (χ3n) is 1.66. The fourth-order valence-corrected chi connectivity index (χ4v) is 1.00. The standard InChI is InChI=1S/C11H9NO3S/c1-9(16)15-8-2-3-10-4-6-11(7-5-10)12(13)14/h4-7H,8H2,1H3. The van der Waals surface area contributed by atoms with Crippen LogP contribution in [0.5, 0.6) is 0 Å². The summed E-state index contributed by atoms with van der Waals surface area (Å²) in [5.74, 6) is 5.56. The molecular formula is C11H9NO3S. The quantitative estimate of drug-likeness (QED) is 0.341. The van der Waals surface area contributed by atoms with Gasteiger partial charge in [-0.15, -0.1) is 0 Å². The summed E-state index contributed by atoms with van der Waals surface area (Å²) in [4.78, 5) is 9.93. The lowest BCUT2D eigenvalue weighted by atomic mass is 10.2. The summed E-state index contributed by atoms with van der Waals surface area (Å²) in [6.07, 6.45) is 0. The third kappa shape index (κ3) is 4.07. The molecule has 1 aromatic carbocycles. The molecule has 0 aliphatic rings. The van der Waals surface area contributed by atoms with E-state index in [4.69, 9.17) is 17.0 Å². The SMILES string of the molecule is CC(=S)OCC#Cc1ccc([N+](=O)[O-])cc1. The fourth-order valence-electron chi connectivity index (χ4n) is 0.942. The van der Waals surface area contributed by atoms with E-state index in [1.165, 1.54) is 12.1 Å². The Morgan fingerprint density at radius 2 is 2.12 bits per heavy atom. The van der Waals surface area contributed by atoms with Gasteiger partial charge in [0.1, 0.15) is 6.61 Å². The van der Waals surface area contributed by atoms with Gasteiger partial charge in [0, 0.05) is 24.6 Å². The van der Waals surface area contributed by atoms with Gasteiger partial charge in [-0.2, -0.15) is 0 Å². The Morgan fingerprint density at radius 1 is 1.50 bits per heavy atom. The molecule has 0 aliphatic heterocycles. The van der Waals surface area contributed by atoms with Crippen molar-refractivity contribution in [2.75, 3.05) is 6.61 Å². The lowest BCUT2D eigenvalue weighted by Gasteiger charge is -1.94. The number of non-ortho nitro benzene ring substituents is 1. The van der Waals surface area contributed by atoms with Crippen LogP contribution in [-0.4, -0.2) is 16.6 Å². The van der Waals surface area contributed by atoms with Crippen LogP contribution >= 0.6 is 12.2 Å². The number of ether oxygens (including phenoxy) is 1. The average molecular weight is 235 g/mol. The van der Waals surface area contributed by atoms with Gasteiger partial charge in [0.05, 0.1) is 4.92 Å². The van der Waals surface area contributed by atoms with E-state index in [9.17, 15) is 10.1 Å². The Kier molecular flexibility index (Phi) is 4.42. The minimum atomic E-state index is -0.449. The van der Waals surface area contributed by atoms with Gasteiger partial charge in [-0.25, -0.2) is 0 Å². The topological polar surface area (TPSA) is 52.4 Å². The predicted molar refractivity (Wildman–Crippen MR) is 64.2 cm³/mol. The maximum Gasteiger partial charge on any atom is 0.269 e. The summed E-state index contributed by atoms with van der Waals surface area (Å²) >= 11 is 4.71. The van der Waals surface area contributed by atoms with Crippen LogP contribution in [0.15, 0.2) is 24.3 Å². The van der Waals surface area contributed by atoms with Crippen molar-refractivity contribution in [2.45, 2.75) is 6.92 Å². The maximum absolute atomic E-state index is 10.4. The zero-order valence-corrected chi connectivity index (χ0v) is 9.41. The highest BCUT2D eigenvalue weighted by Crippen LogP contribution is 2.10. The molecule has 4 nitrogen and oxygen atoms in total. The second-order valence-electron chi connectivity index (χ2n) is 2.89. The Labute approximate surface area is 98.4 Å². The van der Waals surface area contributed by atoms with Crippen LogP contribution in [0.25, 0.3) is 0 Å². The van der Waals surface area contributed by atoms with Gasteiger partial charge in [0.15, 0.2) is 5.05 Å². The molecule has 1 aromatic rings.